The maximum absolute atomic E-state index is 12.7. The van der Waals surface area contributed by atoms with Gasteiger partial charge in [0.25, 0.3) is 0 Å². The van der Waals surface area contributed by atoms with Gasteiger partial charge in [-0.15, -0.1) is 0 Å². The molecule has 0 aliphatic carbocycles. The lowest BCUT2D eigenvalue weighted by Gasteiger charge is -2.25. The van der Waals surface area contributed by atoms with E-state index in [1.54, 1.807) is 13.8 Å². The number of aliphatic imine (C=N–C) groups is 1. The third-order valence-corrected chi connectivity index (χ3v) is 4.66. The molecule has 194 valence electrons. The molecule has 0 aromatic rings. The summed E-state index contributed by atoms with van der Waals surface area (Å²) in [6, 6.07) is -5.07. The highest BCUT2D eigenvalue weighted by Crippen LogP contribution is 2.04. The van der Waals surface area contributed by atoms with Crippen molar-refractivity contribution in [2.24, 2.45) is 33.8 Å². The van der Waals surface area contributed by atoms with Crippen LogP contribution in [0.2, 0.25) is 0 Å². The molecule has 0 fully saturated rings. The van der Waals surface area contributed by atoms with E-state index in [4.69, 9.17) is 22.9 Å². The van der Waals surface area contributed by atoms with E-state index >= 15 is 0 Å². The zero-order valence-corrected chi connectivity index (χ0v) is 19.3. The van der Waals surface area contributed by atoms with Gasteiger partial charge < -0.3 is 49.1 Å². The second-order valence-corrected chi connectivity index (χ2v) is 7.93. The van der Waals surface area contributed by atoms with E-state index in [9.17, 15) is 34.2 Å². The fourth-order valence-electron chi connectivity index (χ4n) is 2.72. The molecule has 0 saturated carbocycles. The molecule has 34 heavy (non-hydrogen) atoms. The van der Waals surface area contributed by atoms with Gasteiger partial charge in [-0.25, -0.2) is 4.79 Å². The van der Waals surface area contributed by atoms with Crippen molar-refractivity contribution in [2.75, 3.05) is 13.2 Å². The summed E-state index contributed by atoms with van der Waals surface area (Å²) in [6.45, 7) is 2.54. The van der Waals surface area contributed by atoms with Crippen LogP contribution in [0.25, 0.3) is 0 Å². The molecule has 13 N–H and O–H groups in total. The molecule has 4 atom stereocenters. The Bertz CT molecular complexity index is 755. The summed E-state index contributed by atoms with van der Waals surface area (Å²) in [5.74, 6) is -5.12. The van der Waals surface area contributed by atoms with Gasteiger partial charge >= 0.3 is 5.97 Å². The van der Waals surface area contributed by atoms with Gasteiger partial charge in [-0.05, 0) is 25.2 Å². The number of carbonyl (C=O) groups excluding carboxylic acids is 4. The number of carboxylic acids is 1. The van der Waals surface area contributed by atoms with Gasteiger partial charge in [0.2, 0.25) is 23.6 Å². The maximum Gasteiger partial charge on any atom is 0.326 e. The van der Waals surface area contributed by atoms with Crippen LogP contribution in [0.5, 0.6) is 0 Å². The highest BCUT2D eigenvalue weighted by atomic mass is 16.4. The van der Waals surface area contributed by atoms with Crippen molar-refractivity contribution in [2.45, 2.75) is 63.7 Å². The molecule has 4 amide bonds. The fourth-order valence-corrected chi connectivity index (χ4v) is 2.72. The van der Waals surface area contributed by atoms with Crippen LogP contribution < -0.4 is 38.9 Å². The van der Waals surface area contributed by atoms with E-state index in [0.717, 1.165) is 0 Å². The van der Waals surface area contributed by atoms with Crippen LogP contribution in [0.1, 0.15) is 39.5 Å². The second-order valence-electron chi connectivity index (χ2n) is 7.93. The zero-order valence-electron chi connectivity index (χ0n) is 19.3. The first-order chi connectivity index (χ1) is 15.8. The van der Waals surface area contributed by atoms with Crippen LogP contribution >= 0.6 is 0 Å². The van der Waals surface area contributed by atoms with Gasteiger partial charge in [0.1, 0.15) is 18.1 Å². The Kier molecular flexibility index (Phi) is 13.8. The van der Waals surface area contributed by atoms with E-state index in [1.165, 1.54) is 0 Å². The minimum absolute atomic E-state index is 0.105. The Labute approximate surface area is 197 Å². The first kappa shape index (κ1) is 30.5. The van der Waals surface area contributed by atoms with Crippen LogP contribution in [0.3, 0.4) is 0 Å². The molecule has 0 bridgehead atoms. The number of hydrogen-bond donors (Lipinski definition) is 9. The number of nitrogens with two attached hydrogens (primary N) is 4. The number of guanidine groups is 1. The SMILES string of the molecule is CC(C)C(NC(=O)C(CO)NC(=O)C(CCC(N)=O)NC(=O)C(N)CCCN=C(N)N)C(=O)O. The van der Waals surface area contributed by atoms with Crippen molar-refractivity contribution >= 4 is 35.6 Å². The quantitative estimate of drug-likeness (QED) is 0.0573. The highest BCUT2D eigenvalue weighted by Gasteiger charge is 2.31. The van der Waals surface area contributed by atoms with E-state index in [-0.39, 0.29) is 31.8 Å². The van der Waals surface area contributed by atoms with Crippen LogP contribution in [-0.4, -0.2) is 83.1 Å². The Hall–Kier alpha value is -3.46. The van der Waals surface area contributed by atoms with Gasteiger partial charge in [0.05, 0.1) is 12.6 Å². The molecule has 0 saturated heterocycles. The molecule has 0 aromatic heterocycles. The van der Waals surface area contributed by atoms with Crippen molar-refractivity contribution in [3.8, 4) is 0 Å². The largest absolute Gasteiger partial charge is 0.480 e. The summed E-state index contributed by atoms with van der Waals surface area (Å²) in [5.41, 5.74) is 21.4. The van der Waals surface area contributed by atoms with E-state index < -0.39 is 66.3 Å². The first-order valence-electron chi connectivity index (χ1n) is 10.6. The normalized spacial score (nSPS) is 14.3. The highest BCUT2D eigenvalue weighted by molar-refractivity contribution is 5.94. The van der Waals surface area contributed by atoms with Crippen molar-refractivity contribution in [1.29, 1.82) is 0 Å². The van der Waals surface area contributed by atoms with Gasteiger partial charge in [0, 0.05) is 13.0 Å². The number of carboxylic acid groups (broad SMARTS) is 1. The Morgan fingerprint density at radius 2 is 1.44 bits per heavy atom. The Balaban J connectivity index is 5.23. The van der Waals surface area contributed by atoms with E-state index in [1.807, 2.05) is 0 Å². The predicted octanol–water partition coefficient (Wildman–Crippen LogP) is -4.18. The minimum Gasteiger partial charge on any atom is -0.480 e. The lowest BCUT2D eigenvalue weighted by atomic mass is 10.0. The molecule has 0 rings (SSSR count). The molecule has 0 spiro atoms. The number of rotatable bonds is 16. The number of primary amides is 1. The monoisotopic (exact) mass is 488 g/mol. The van der Waals surface area contributed by atoms with Gasteiger partial charge in [-0.3, -0.25) is 24.2 Å². The molecule has 0 aromatic carbocycles. The fraction of sp³-hybridized carbons (Fsp3) is 0.684. The third-order valence-electron chi connectivity index (χ3n) is 4.66. The molecule has 4 unspecified atom stereocenters. The van der Waals surface area contributed by atoms with Crippen molar-refractivity contribution in [3.63, 3.8) is 0 Å². The van der Waals surface area contributed by atoms with Gasteiger partial charge in [-0.1, -0.05) is 13.8 Å². The predicted molar refractivity (Wildman–Crippen MR) is 122 cm³/mol. The number of nitrogens with one attached hydrogen (secondary N) is 3. The van der Waals surface area contributed by atoms with Gasteiger partial charge in [0.15, 0.2) is 5.96 Å². The molecule has 0 radical (unpaired) electrons. The third kappa shape index (κ3) is 12.0. The summed E-state index contributed by atoms with van der Waals surface area (Å²) in [5, 5.41) is 25.6. The van der Waals surface area contributed by atoms with Gasteiger partial charge in [-0.2, -0.15) is 0 Å². The number of carbonyl (C=O) groups is 5. The van der Waals surface area contributed by atoms with Crippen LogP contribution in [0, 0.1) is 5.92 Å². The molecular weight excluding hydrogens is 452 g/mol. The average Bonchev–Trinajstić information content (AvgIpc) is 2.74. The van der Waals surface area contributed by atoms with Crippen molar-refractivity contribution < 1.29 is 34.2 Å². The topological polar surface area (TPSA) is 278 Å². The molecule has 0 heterocycles. The average molecular weight is 489 g/mol. The Morgan fingerprint density at radius 1 is 0.882 bits per heavy atom. The lowest BCUT2D eigenvalue weighted by Crippen LogP contribution is -2.58. The number of amides is 4. The summed E-state index contributed by atoms with van der Waals surface area (Å²) in [4.78, 5) is 63.7. The number of aliphatic carboxylic acids is 1. The van der Waals surface area contributed by atoms with E-state index in [0.29, 0.717) is 6.42 Å². The molecule has 0 aliphatic heterocycles. The number of hydrogen-bond acceptors (Lipinski definition) is 8. The first-order valence-corrected chi connectivity index (χ1v) is 10.6. The number of aliphatic hydroxyl groups is 1. The molecule has 15 nitrogen and oxygen atoms in total. The summed E-state index contributed by atoms with van der Waals surface area (Å²) >= 11 is 0. The number of nitrogens with zero attached hydrogens (tertiary/aromatic N) is 1. The van der Waals surface area contributed by atoms with E-state index in [2.05, 4.69) is 20.9 Å². The summed E-state index contributed by atoms with van der Waals surface area (Å²) in [7, 11) is 0. The summed E-state index contributed by atoms with van der Waals surface area (Å²) in [6.07, 6.45) is 0.123. The Morgan fingerprint density at radius 3 is 1.91 bits per heavy atom. The standard InChI is InChI=1S/C19H36N8O7/c1-9(2)14(18(33)34)27-17(32)12(8-28)26-16(31)11(5-6-13(21)29)25-15(30)10(20)4-3-7-24-19(22)23/h9-12,14,28H,3-8,20H2,1-2H3,(H2,21,29)(H,25,30)(H,26,31)(H,27,32)(H,33,34)(H4,22,23,24). The summed E-state index contributed by atoms with van der Waals surface area (Å²) < 4.78 is 0. The number of aliphatic hydroxyl groups excluding tert-OH is 1. The lowest BCUT2D eigenvalue weighted by molar-refractivity contribution is -0.143. The molecule has 0 aliphatic rings. The second kappa shape index (κ2) is 15.4. The molecular formula is C19H36N8O7. The van der Waals surface area contributed by atoms with Crippen LogP contribution in [0.15, 0.2) is 4.99 Å². The zero-order chi connectivity index (χ0) is 26.4. The minimum atomic E-state index is -1.51. The smallest absolute Gasteiger partial charge is 0.326 e. The molecule has 15 heteroatoms. The van der Waals surface area contributed by atoms with Crippen molar-refractivity contribution in [3.05, 3.63) is 0 Å². The maximum atomic E-state index is 12.7. The van der Waals surface area contributed by atoms with Crippen molar-refractivity contribution in [1.82, 2.24) is 16.0 Å². The van der Waals surface area contributed by atoms with Crippen LogP contribution in [-0.2, 0) is 24.0 Å². The van der Waals surface area contributed by atoms with Crippen LogP contribution in [0.4, 0.5) is 0 Å².